The molecule has 0 fully saturated rings. The molecule has 0 aliphatic heterocycles. The van der Waals surface area contributed by atoms with Gasteiger partial charge in [0.1, 0.15) is 5.75 Å². The molecule has 2 rings (SSSR count). The Morgan fingerprint density at radius 3 is 2.68 bits per heavy atom. The zero-order valence-corrected chi connectivity index (χ0v) is 13.6. The second-order valence-electron chi connectivity index (χ2n) is 5.15. The second kappa shape index (κ2) is 7.85. The van der Waals surface area contributed by atoms with Gasteiger partial charge in [0.2, 0.25) is 0 Å². The number of benzene rings is 2. The number of hydrogen-bond donors (Lipinski definition) is 1. The summed E-state index contributed by atoms with van der Waals surface area (Å²) in [6.45, 7) is 4.43. The van der Waals surface area contributed by atoms with Gasteiger partial charge in [-0.2, -0.15) is 0 Å². The summed E-state index contributed by atoms with van der Waals surface area (Å²) >= 11 is 6.06. The van der Waals surface area contributed by atoms with Gasteiger partial charge in [-0.25, -0.2) is 0 Å². The van der Waals surface area contributed by atoms with Gasteiger partial charge in [0.05, 0.1) is 5.02 Å². The molecule has 2 aromatic rings. The highest BCUT2D eigenvalue weighted by Crippen LogP contribution is 2.24. The van der Waals surface area contributed by atoms with Crippen molar-refractivity contribution in [2.24, 2.45) is 0 Å². The fourth-order valence-electron chi connectivity index (χ4n) is 2.14. The Morgan fingerprint density at radius 2 is 2.00 bits per heavy atom. The van der Waals surface area contributed by atoms with E-state index in [-0.39, 0.29) is 5.91 Å². The van der Waals surface area contributed by atoms with Crippen molar-refractivity contribution >= 4 is 17.5 Å². The first-order valence-corrected chi connectivity index (χ1v) is 7.72. The zero-order chi connectivity index (χ0) is 15.9. The Kier molecular flexibility index (Phi) is 5.84. The van der Waals surface area contributed by atoms with Crippen LogP contribution in [-0.2, 0) is 11.3 Å². The normalized spacial score (nSPS) is 11.8. The van der Waals surface area contributed by atoms with E-state index in [0.29, 0.717) is 23.7 Å². The van der Waals surface area contributed by atoms with Crippen LogP contribution in [0.4, 0.5) is 0 Å². The molecule has 0 aromatic heterocycles. The molecule has 1 atom stereocenters. The van der Waals surface area contributed by atoms with Gasteiger partial charge in [-0.1, -0.05) is 60.5 Å². The molecule has 1 amide bonds. The number of carbonyl (C=O) groups excluding carboxylic acids is 1. The summed E-state index contributed by atoms with van der Waals surface area (Å²) < 4.78 is 5.72. The average molecular weight is 318 g/mol. The molecule has 116 valence electrons. The van der Waals surface area contributed by atoms with E-state index >= 15 is 0 Å². The lowest BCUT2D eigenvalue weighted by Gasteiger charge is -2.18. The van der Waals surface area contributed by atoms with E-state index in [4.69, 9.17) is 16.3 Å². The molecule has 0 unspecified atom stereocenters. The summed E-state index contributed by atoms with van der Waals surface area (Å²) in [6, 6.07) is 15.2. The number of para-hydroxylation sites is 1. The first-order chi connectivity index (χ1) is 10.6. The lowest BCUT2D eigenvalue weighted by Crippen LogP contribution is -2.37. The smallest absolute Gasteiger partial charge is 0.261 e. The van der Waals surface area contributed by atoms with Crippen LogP contribution in [0.1, 0.15) is 24.5 Å². The number of carbonyl (C=O) groups is 1. The summed E-state index contributed by atoms with van der Waals surface area (Å²) in [6.07, 6.45) is 0.0231. The molecule has 0 heterocycles. The van der Waals surface area contributed by atoms with E-state index in [1.54, 1.807) is 12.1 Å². The van der Waals surface area contributed by atoms with Crippen molar-refractivity contribution in [1.82, 2.24) is 5.32 Å². The molecule has 3 nitrogen and oxygen atoms in total. The van der Waals surface area contributed by atoms with Crippen LogP contribution in [0.25, 0.3) is 0 Å². The standard InChI is InChI=1S/C18H20ClNO2/c1-3-16(22-17-10-5-4-9-15(17)19)18(21)20-12-14-8-6-7-13(2)11-14/h4-11,16H,3,12H2,1-2H3,(H,20,21)/t16-/m1/s1. The summed E-state index contributed by atoms with van der Waals surface area (Å²) in [5.41, 5.74) is 2.24. The number of nitrogens with one attached hydrogen (secondary N) is 1. The fourth-order valence-corrected chi connectivity index (χ4v) is 2.32. The topological polar surface area (TPSA) is 38.3 Å². The van der Waals surface area contributed by atoms with Gasteiger partial charge in [0, 0.05) is 6.54 Å². The average Bonchev–Trinajstić information content (AvgIpc) is 2.52. The predicted octanol–water partition coefficient (Wildman–Crippen LogP) is 4.12. The quantitative estimate of drug-likeness (QED) is 0.870. The van der Waals surface area contributed by atoms with Gasteiger partial charge < -0.3 is 10.1 Å². The van der Waals surface area contributed by atoms with E-state index in [1.165, 1.54) is 5.56 Å². The van der Waals surface area contributed by atoms with Crippen molar-refractivity contribution in [2.45, 2.75) is 32.9 Å². The van der Waals surface area contributed by atoms with E-state index in [0.717, 1.165) is 5.56 Å². The van der Waals surface area contributed by atoms with Gasteiger partial charge in [-0.3, -0.25) is 4.79 Å². The number of aryl methyl sites for hydroxylation is 1. The van der Waals surface area contributed by atoms with Crippen LogP contribution < -0.4 is 10.1 Å². The third kappa shape index (κ3) is 4.50. The number of ether oxygens (including phenoxy) is 1. The van der Waals surface area contributed by atoms with Gasteiger partial charge in [0.25, 0.3) is 5.91 Å². The van der Waals surface area contributed by atoms with Crippen molar-refractivity contribution in [3.05, 3.63) is 64.7 Å². The van der Waals surface area contributed by atoms with Gasteiger partial charge in [0.15, 0.2) is 6.10 Å². The summed E-state index contributed by atoms with van der Waals surface area (Å²) in [4.78, 5) is 12.3. The third-order valence-electron chi connectivity index (χ3n) is 3.32. The number of rotatable bonds is 6. The highest BCUT2D eigenvalue weighted by Gasteiger charge is 2.19. The van der Waals surface area contributed by atoms with Crippen molar-refractivity contribution in [2.75, 3.05) is 0 Å². The molecule has 0 saturated carbocycles. The molecule has 2 aromatic carbocycles. The molecule has 0 bridgehead atoms. The molecule has 0 radical (unpaired) electrons. The van der Waals surface area contributed by atoms with E-state index in [2.05, 4.69) is 11.4 Å². The minimum atomic E-state index is -0.551. The Balaban J connectivity index is 1.96. The molecule has 1 N–H and O–H groups in total. The van der Waals surface area contributed by atoms with Gasteiger partial charge in [-0.15, -0.1) is 0 Å². The van der Waals surface area contributed by atoms with Crippen molar-refractivity contribution in [3.63, 3.8) is 0 Å². The van der Waals surface area contributed by atoms with Crippen LogP contribution >= 0.6 is 11.6 Å². The van der Waals surface area contributed by atoms with Gasteiger partial charge in [-0.05, 0) is 31.0 Å². The lowest BCUT2D eigenvalue weighted by atomic mass is 10.1. The van der Waals surface area contributed by atoms with E-state index < -0.39 is 6.10 Å². The monoisotopic (exact) mass is 317 g/mol. The van der Waals surface area contributed by atoms with Crippen LogP contribution in [0.15, 0.2) is 48.5 Å². The molecular weight excluding hydrogens is 298 g/mol. The third-order valence-corrected chi connectivity index (χ3v) is 3.63. The van der Waals surface area contributed by atoms with E-state index in [1.807, 2.05) is 44.2 Å². The van der Waals surface area contributed by atoms with Crippen molar-refractivity contribution < 1.29 is 9.53 Å². The predicted molar refractivity (Wildman–Crippen MR) is 89.2 cm³/mol. The maximum atomic E-state index is 12.3. The largest absolute Gasteiger partial charge is 0.479 e. The van der Waals surface area contributed by atoms with E-state index in [9.17, 15) is 4.79 Å². The van der Waals surface area contributed by atoms with Crippen molar-refractivity contribution in [3.8, 4) is 5.75 Å². The van der Waals surface area contributed by atoms with Crippen LogP contribution in [0.3, 0.4) is 0 Å². The van der Waals surface area contributed by atoms with Crippen LogP contribution in [0.5, 0.6) is 5.75 Å². The first kappa shape index (κ1) is 16.4. The SMILES string of the molecule is CC[C@@H](Oc1ccccc1Cl)C(=O)NCc1cccc(C)c1. The molecular formula is C18H20ClNO2. The second-order valence-corrected chi connectivity index (χ2v) is 5.56. The molecule has 0 aliphatic rings. The maximum Gasteiger partial charge on any atom is 0.261 e. The number of amides is 1. The minimum Gasteiger partial charge on any atom is -0.479 e. The Bertz CT molecular complexity index is 642. The summed E-state index contributed by atoms with van der Waals surface area (Å²) in [5.74, 6) is 0.394. The zero-order valence-electron chi connectivity index (χ0n) is 12.8. The molecule has 22 heavy (non-hydrogen) atoms. The summed E-state index contributed by atoms with van der Waals surface area (Å²) in [5, 5.41) is 3.42. The molecule has 0 aliphatic carbocycles. The van der Waals surface area contributed by atoms with Crippen LogP contribution in [-0.4, -0.2) is 12.0 Å². The van der Waals surface area contributed by atoms with Crippen molar-refractivity contribution in [1.29, 1.82) is 0 Å². The van der Waals surface area contributed by atoms with Crippen LogP contribution in [0, 0.1) is 6.92 Å². The Hall–Kier alpha value is -2.00. The fraction of sp³-hybridized carbons (Fsp3) is 0.278. The molecule has 0 spiro atoms. The minimum absolute atomic E-state index is 0.135. The lowest BCUT2D eigenvalue weighted by molar-refractivity contribution is -0.128. The number of hydrogen-bond acceptors (Lipinski definition) is 2. The Morgan fingerprint density at radius 1 is 1.23 bits per heavy atom. The highest BCUT2D eigenvalue weighted by atomic mass is 35.5. The molecule has 0 saturated heterocycles. The van der Waals surface area contributed by atoms with Crippen LogP contribution in [0.2, 0.25) is 5.02 Å². The number of halogens is 1. The highest BCUT2D eigenvalue weighted by molar-refractivity contribution is 6.32. The Labute approximate surface area is 136 Å². The van der Waals surface area contributed by atoms with Gasteiger partial charge >= 0.3 is 0 Å². The first-order valence-electron chi connectivity index (χ1n) is 7.34. The summed E-state index contributed by atoms with van der Waals surface area (Å²) in [7, 11) is 0. The maximum absolute atomic E-state index is 12.3. The molecule has 4 heteroatoms.